The summed E-state index contributed by atoms with van der Waals surface area (Å²) in [7, 11) is 0. The topological polar surface area (TPSA) is 71.1 Å². The number of nitrogens with one attached hydrogen (secondary N) is 1. The predicted molar refractivity (Wildman–Crippen MR) is 89.6 cm³/mol. The first-order chi connectivity index (χ1) is 13.3. The van der Waals surface area contributed by atoms with Gasteiger partial charge in [0.05, 0.1) is 6.67 Å². The first-order valence-corrected chi connectivity index (χ1v) is 8.97. The monoisotopic (exact) mass is 398 g/mol. The van der Waals surface area contributed by atoms with E-state index in [0.717, 1.165) is 30.8 Å². The maximum Gasteiger partial charge on any atom is 0.573 e. The molecule has 1 amide bonds. The number of nitrogens with zero attached hydrogens (tertiary/aromatic N) is 3. The van der Waals surface area contributed by atoms with Crippen LogP contribution in [0.25, 0.3) is 0 Å². The normalized spacial score (nSPS) is 22.5. The van der Waals surface area contributed by atoms with E-state index < -0.39 is 24.7 Å². The number of aromatic nitrogens is 3. The second kappa shape index (κ2) is 7.06. The number of rotatable bonds is 5. The number of aromatic amines is 1. The molecule has 1 aliphatic heterocycles. The molecule has 1 aromatic carbocycles. The summed E-state index contributed by atoms with van der Waals surface area (Å²) >= 11 is 0. The molecule has 0 unspecified atom stereocenters. The molecule has 0 bridgehead atoms. The van der Waals surface area contributed by atoms with Gasteiger partial charge in [0.25, 0.3) is 5.91 Å². The van der Waals surface area contributed by atoms with Gasteiger partial charge in [-0.2, -0.15) is 5.10 Å². The molecule has 2 atom stereocenters. The van der Waals surface area contributed by atoms with Gasteiger partial charge in [0.15, 0.2) is 5.82 Å². The Hall–Kier alpha value is -2.65. The van der Waals surface area contributed by atoms with Crippen molar-refractivity contribution < 1.29 is 27.1 Å². The lowest BCUT2D eigenvalue weighted by molar-refractivity contribution is -0.274. The minimum absolute atomic E-state index is 0.209. The van der Waals surface area contributed by atoms with Gasteiger partial charge >= 0.3 is 6.36 Å². The highest BCUT2D eigenvalue weighted by molar-refractivity contribution is 5.94. The number of benzene rings is 1. The van der Waals surface area contributed by atoms with Gasteiger partial charge in [-0.25, -0.2) is 4.98 Å². The molecule has 2 heterocycles. The van der Waals surface area contributed by atoms with E-state index in [-0.39, 0.29) is 30.5 Å². The van der Waals surface area contributed by atoms with Crippen LogP contribution in [0.3, 0.4) is 0 Å². The van der Waals surface area contributed by atoms with Gasteiger partial charge in [0, 0.05) is 36.4 Å². The first kappa shape index (κ1) is 18.7. The average Bonchev–Trinajstić information content (AvgIpc) is 3.23. The van der Waals surface area contributed by atoms with Gasteiger partial charge < -0.3 is 9.64 Å². The zero-order valence-electron chi connectivity index (χ0n) is 14.7. The molecule has 1 aromatic heterocycles. The SMILES string of the molecule is O=C(c1ccc(OC(F)(F)F)cc1)N1C[C@@H](CF)[C@H](c2nc(C3CC3)n[nH]2)C1. The molecule has 4 rings (SSSR count). The summed E-state index contributed by atoms with van der Waals surface area (Å²) in [6.07, 6.45) is -2.70. The number of H-pyrrole nitrogens is 1. The van der Waals surface area contributed by atoms with Crippen molar-refractivity contribution in [1.82, 2.24) is 20.1 Å². The van der Waals surface area contributed by atoms with Crippen LogP contribution in [-0.4, -0.2) is 52.1 Å². The van der Waals surface area contributed by atoms with Gasteiger partial charge in [0.2, 0.25) is 0 Å². The number of amides is 1. The summed E-state index contributed by atoms with van der Waals surface area (Å²) in [4.78, 5) is 18.7. The fourth-order valence-electron chi connectivity index (χ4n) is 3.46. The number of carbonyl (C=O) groups excluding carboxylic acids is 1. The Labute approximate surface area is 157 Å². The zero-order chi connectivity index (χ0) is 19.9. The lowest BCUT2D eigenvalue weighted by Gasteiger charge is -2.16. The highest BCUT2D eigenvalue weighted by Crippen LogP contribution is 2.39. The van der Waals surface area contributed by atoms with Crippen molar-refractivity contribution in [3.63, 3.8) is 0 Å². The summed E-state index contributed by atoms with van der Waals surface area (Å²) in [6, 6.07) is 4.69. The Morgan fingerprint density at radius 2 is 1.93 bits per heavy atom. The molecule has 6 nitrogen and oxygen atoms in total. The number of carbonyl (C=O) groups is 1. The molecular weight excluding hydrogens is 380 g/mol. The Balaban J connectivity index is 1.45. The number of hydrogen-bond acceptors (Lipinski definition) is 4. The largest absolute Gasteiger partial charge is 0.573 e. The van der Waals surface area contributed by atoms with Crippen molar-refractivity contribution in [2.45, 2.75) is 31.0 Å². The molecule has 10 heteroatoms. The van der Waals surface area contributed by atoms with Crippen LogP contribution in [0.1, 0.15) is 46.7 Å². The lowest BCUT2D eigenvalue weighted by Crippen LogP contribution is -2.29. The van der Waals surface area contributed by atoms with E-state index in [1.807, 2.05) is 0 Å². The minimum atomic E-state index is -4.79. The lowest BCUT2D eigenvalue weighted by atomic mass is 9.97. The van der Waals surface area contributed by atoms with E-state index in [0.29, 0.717) is 11.7 Å². The third-order valence-corrected chi connectivity index (χ3v) is 5.07. The van der Waals surface area contributed by atoms with E-state index in [4.69, 9.17) is 0 Å². The van der Waals surface area contributed by atoms with Gasteiger partial charge in [-0.1, -0.05) is 0 Å². The molecule has 2 aliphatic rings. The standard InChI is InChI=1S/C18H18F4N4O2/c19-7-12-8-26(9-14(12)16-23-15(24-25-16)10-1-2-10)17(27)11-3-5-13(6-4-11)28-18(20,21)22/h3-6,10,12,14H,1-2,7-9H2,(H,23,24,25)/t12-,14-/m1/s1. The molecule has 2 aromatic rings. The van der Waals surface area contributed by atoms with E-state index in [1.54, 1.807) is 0 Å². The van der Waals surface area contributed by atoms with Crippen molar-refractivity contribution in [1.29, 1.82) is 0 Å². The summed E-state index contributed by atoms with van der Waals surface area (Å²) in [5, 5.41) is 7.06. The highest BCUT2D eigenvalue weighted by Gasteiger charge is 2.39. The quantitative estimate of drug-likeness (QED) is 0.784. The molecular formula is C18H18F4N4O2. The van der Waals surface area contributed by atoms with E-state index in [1.165, 1.54) is 17.0 Å². The van der Waals surface area contributed by atoms with E-state index in [9.17, 15) is 22.4 Å². The maximum absolute atomic E-state index is 13.5. The summed E-state index contributed by atoms with van der Waals surface area (Å²) in [5.74, 6) is 0.205. The molecule has 1 aliphatic carbocycles. The molecule has 0 spiro atoms. The van der Waals surface area contributed by atoms with Crippen LogP contribution >= 0.6 is 0 Å². The molecule has 1 saturated heterocycles. The zero-order valence-corrected chi connectivity index (χ0v) is 14.7. The Kier molecular flexibility index (Phi) is 4.72. The van der Waals surface area contributed by atoms with Gasteiger partial charge in [-0.3, -0.25) is 14.3 Å². The number of likely N-dealkylation sites (tertiary alicyclic amines) is 1. The second-order valence-corrected chi connectivity index (χ2v) is 7.16. The van der Waals surface area contributed by atoms with Crippen molar-refractivity contribution >= 4 is 5.91 Å². The molecule has 28 heavy (non-hydrogen) atoms. The Bertz CT molecular complexity index is 848. The average molecular weight is 398 g/mol. The van der Waals surface area contributed by atoms with Crippen molar-refractivity contribution in [2.24, 2.45) is 5.92 Å². The smallest absolute Gasteiger partial charge is 0.406 e. The number of hydrogen-bond donors (Lipinski definition) is 1. The summed E-state index contributed by atoms with van der Waals surface area (Å²) in [6.45, 7) is -0.125. The van der Waals surface area contributed by atoms with Gasteiger partial charge in [-0.05, 0) is 37.1 Å². The number of ether oxygens (including phenoxy) is 1. The van der Waals surface area contributed by atoms with Crippen molar-refractivity contribution in [3.8, 4) is 5.75 Å². The Morgan fingerprint density at radius 3 is 2.54 bits per heavy atom. The Morgan fingerprint density at radius 1 is 1.21 bits per heavy atom. The molecule has 2 fully saturated rings. The second-order valence-electron chi connectivity index (χ2n) is 7.16. The third-order valence-electron chi connectivity index (χ3n) is 5.07. The summed E-state index contributed by atoms with van der Waals surface area (Å²) < 4.78 is 54.1. The van der Waals surface area contributed by atoms with Gasteiger partial charge in [0.1, 0.15) is 11.6 Å². The third kappa shape index (κ3) is 3.95. The highest BCUT2D eigenvalue weighted by atomic mass is 19.4. The van der Waals surface area contributed by atoms with Crippen LogP contribution in [-0.2, 0) is 0 Å². The van der Waals surface area contributed by atoms with E-state index >= 15 is 0 Å². The van der Waals surface area contributed by atoms with Crippen LogP contribution in [0, 0.1) is 5.92 Å². The fourth-order valence-corrected chi connectivity index (χ4v) is 3.46. The first-order valence-electron chi connectivity index (χ1n) is 8.97. The van der Waals surface area contributed by atoms with Crippen molar-refractivity contribution in [3.05, 3.63) is 41.5 Å². The fraction of sp³-hybridized carbons (Fsp3) is 0.500. The van der Waals surface area contributed by atoms with Crippen LogP contribution in [0.15, 0.2) is 24.3 Å². The van der Waals surface area contributed by atoms with Crippen LogP contribution in [0.4, 0.5) is 17.6 Å². The molecule has 150 valence electrons. The predicted octanol–water partition coefficient (Wildman–Crippen LogP) is 3.41. The number of halogens is 4. The maximum atomic E-state index is 13.5. The summed E-state index contributed by atoms with van der Waals surface area (Å²) in [5.41, 5.74) is 0.212. The molecule has 0 radical (unpaired) electrons. The minimum Gasteiger partial charge on any atom is -0.406 e. The van der Waals surface area contributed by atoms with Crippen LogP contribution in [0.5, 0.6) is 5.75 Å². The van der Waals surface area contributed by atoms with Gasteiger partial charge in [-0.15, -0.1) is 13.2 Å². The molecule has 1 N–H and O–H groups in total. The van der Waals surface area contributed by atoms with E-state index in [2.05, 4.69) is 19.9 Å². The van der Waals surface area contributed by atoms with Crippen LogP contribution in [0.2, 0.25) is 0 Å². The number of alkyl halides is 4. The van der Waals surface area contributed by atoms with Crippen LogP contribution < -0.4 is 4.74 Å². The molecule has 1 saturated carbocycles. The van der Waals surface area contributed by atoms with Crippen molar-refractivity contribution in [2.75, 3.05) is 19.8 Å².